The summed E-state index contributed by atoms with van der Waals surface area (Å²) in [5, 5.41) is 9.93. The molecule has 4 nitrogen and oxygen atoms in total. The van der Waals surface area contributed by atoms with E-state index in [-0.39, 0.29) is 0 Å². The van der Waals surface area contributed by atoms with Gasteiger partial charge >= 0.3 is 0 Å². The lowest BCUT2D eigenvalue weighted by Crippen LogP contribution is -2.41. The summed E-state index contributed by atoms with van der Waals surface area (Å²) >= 11 is 0. The van der Waals surface area contributed by atoms with Crippen LogP contribution in [0.3, 0.4) is 0 Å². The predicted octanol–water partition coefficient (Wildman–Crippen LogP) is -0.713. The van der Waals surface area contributed by atoms with Gasteiger partial charge in [0.25, 0.3) is 0 Å². The molecule has 0 aromatic rings. The highest BCUT2D eigenvalue weighted by atomic mass is 15.2. The number of aliphatic imine (C=N–C) groups is 1. The average Bonchev–Trinajstić information content (AvgIpc) is 2.74. The first-order valence-corrected chi connectivity index (χ1v) is 4.71. The number of rotatable bonds is 2. The van der Waals surface area contributed by atoms with Crippen molar-refractivity contribution >= 4 is 5.96 Å². The number of hydrogen-bond donors (Lipinski definition) is 3. The van der Waals surface area contributed by atoms with Crippen molar-refractivity contribution in [1.82, 2.24) is 16.0 Å². The highest BCUT2D eigenvalue weighted by Crippen LogP contribution is 2.02. The van der Waals surface area contributed by atoms with Crippen molar-refractivity contribution in [3.8, 4) is 0 Å². The van der Waals surface area contributed by atoms with E-state index < -0.39 is 0 Å². The van der Waals surface area contributed by atoms with Crippen molar-refractivity contribution in [1.29, 1.82) is 0 Å². The first-order chi connectivity index (χ1) is 5.95. The van der Waals surface area contributed by atoms with Crippen LogP contribution in [0.1, 0.15) is 12.8 Å². The van der Waals surface area contributed by atoms with E-state index in [4.69, 9.17) is 0 Å². The van der Waals surface area contributed by atoms with Gasteiger partial charge in [0, 0.05) is 19.1 Å². The van der Waals surface area contributed by atoms with E-state index in [1.807, 2.05) is 0 Å². The van der Waals surface area contributed by atoms with E-state index in [0.717, 1.165) is 25.6 Å². The molecule has 0 radical (unpaired) electrons. The fraction of sp³-hybridized carbons (Fsp3) is 0.875. The molecule has 0 aromatic carbocycles. The van der Waals surface area contributed by atoms with Crippen molar-refractivity contribution in [3.05, 3.63) is 0 Å². The average molecular weight is 168 g/mol. The monoisotopic (exact) mass is 168 g/mol. The molecular formula is C8H16N4. The summed E-state index contributed by atoms with van der Waals surface area (Å²) in [6.07, 6.45) is 2.60. The highest BCUT2D eigenvalue weighted by Gasteiger charge is 2.14. The van der Waals surface area contributed by atoms with Gasteiger partial charge in [-0.2, -0.15) is 0 Å². The number of nitrogens with zero attached hydrogens (tertiary/aromatic N) is 1. The van der Waals surface area contributed by atoms with Crippen LogP contribution in [0.4, 0.5) is 0 Å². The van der Waals surface area contributed by atoms with Gasteiger partial charge in [0.2, 0.25) is 0 Å². The zero-order valence-electron chi connectivity index (χ0n) is 7.27. The fourth-order valence-corrected chi connectivity index (χ4v) is 1.67. The van der Waals surface area contributed by atoms with Crippen molar-refractivity contribution < 1.29 is 0 Å². The van der Waals surface area contributed by atoms with E-state index >= 15 is 0 Å². The van der Waals surface area contributed by atoms with E-state index in [9.17, 15) is 0 Å². The second-order valence-corrected chi connectivity index (χ2v) is 3.33. The molecule has 0 spiro atoms. The van der Waals surface area contributed by atoms with E-state index in [2.05, 4.69) is 20.9 Å². The molecule has 1 saturated heterocycles. The molecule has 0 aliphatic carbocycles. The zero-order valence-corrected chi connectivity index (χ0v) is 7.27. The molecule has 3 N–H and O–H groups in total. The third kappa shape index (κ3) is 1.88. The fourth-order valence-electron chi connectivity index (χ4n) is 1.67. The summed E-state index contributed by atoms with van der Waals surface area (Å²) < 4.78 is 0. The van der Waals surface area contributed by atoms with E-state index in [0.29, 0.717) is 6.04 Å². The predicted molar refractivity (Wildman–Crippen MR) is 49.3 cm³/mol. The number of guanidine groups is 1. The van der Waals surface area contributed by atoms with Gasteiger partial charge in [0.15, 0.2) is 5.96 Å². The maximum Gasteiger partial charge on any atom is 0.191 e. The topological polar surface area (TPSA) is 48.5 Å². The standard InChI is InChI=1S/C8H16N4/c1-2-7(9-3-1)6-12-8-10-4-5-11-8/h7,9H,1-6H2,(H2,10,11,12)/t7-/m0/s1. The minimum atomic E-state index is 0.648. The van der Waals surface area contributed by atoms with Crippen LogP contribution in [0.15, 0.2) is 4.99 Å². The molecule has 0 aromatic heterocycles. The summed E-state index contributed by atoms with van der Waals surface area (Å²) in [4.78, 5) is 4.26. The summed E-state index contributed by atoms with van der Waals surface area (Å²) in [7, 11) is 0. The zero-order chi connectivity index (χ0) is 8.23. The van der Waals surface area contributed by atoms with Crippen LogP contribution in [0.5, 0.6) is 0 Å². The van der Waals surface area contributed by atoms with Crippen LogP contribution < -0.4 is 16.0 Å². The van der Waals surface area contributed by atoms with Crippen LogP contribution in [0.25, 0.3) is 0 Å². The first kappa shape index (κ1) is 7.86. The smallest absolute Gasteiger partial charge is 0.191 e. The van der Waals surface area contributed by atoms with Gasteiger partial charge < -0.3 is 16.0 Å². The Balaban J connectivity index is 1.67. The Morgan fingerprint density at radius 2 is 2.50 bits per heavy atom. The Morgan fingerprint density at radius 1 is 1.50 bits per heavy atom. The molecule has 12 heavy (non-hydrogen) atoms. The quantitative estimate of drug-likeness (QED) is 0.510. The normalized spacial score (nSPS) is 28.3. The lowest BCUT2D eigenvalue weighted by molar-refractivity contribution is 0.586. The van der Waals surface area contributed by atoms with Crippen molar-refractivity contribution in [2.75, 3.05) is 26.2 Å². The van der Waals surface area contributed by atoms with Gasteiger partial charge in [0.05, 0.1) is 6.54 Å². The van der Waals surface area contributed by atoms with Gasteiger partial charge in [-0.15, -0.1) is 0 Å². The molecule has 4 heteroatoms. The summed E-state index contributed by atoms with van der Waals surface area (Å²) in [5.41, 5.74) is 0. The van der Waals surface area contributed by atoms with Crippen molar-refractivity contribution in [2.24, 2.45) is 4.99 Å². The lowest BCUT2D eigenvalue weighted by atomic mass is 10.2. The van der Waals surface area contributed by atoms with Crippen LogP contribution in [0, 0.1) is 0 Å². The minimum Gasteiger partial charge on any atom is -0.355 e. The third-order valence-corrected chi connectivity index (χ3v) is 2.35. The SMILES string of the molecule is C1CN[C@H](CNC2=NCCN2)C1. The largest absolute Gasteiger partial charge is 0.355 e. The minimum absolute atomic E-state index is 0.648. The van der Waals surface area contributed by atoms with Crippen LogP contribution in [0.2, 0.25) is 0 Å². The Bertz CT molecular complexity index is 172. The molecule has 2 rings (SSSR count). The van der Waals surface area contributed by atoms with Crippen LogP contribution in [-0.2, 0) is 0 Å². The maximum absolute atomic E-state index is 4.26. The third-order valence-electron chi connectivity index (χ3n) is 2.35. The van der Waals surface area contributed by atoms with Crippen molar-refractivity contribution in [3.63, 3.8) is 0 Å². The lowest BCUT2D eigenvalue weighted by Gasteiger charge is -2.12. The molecule has 2 heterocycles. The second-order valence-electron chi connectivity index (χ2n) is 3.33. The molecular weight excluding hydrogens is 152 g/mol. The molecule has 0 unspecified atom stereocenters. The molecule has 0 amide bonds. The van der Waals surface area contributed by atoms with Gasteiger partial charge in [0.1, 0.15) is 0 Å². The highest BCUT2D eigenvalue weighted by molar-refractivity contribution is 5.81. The van der Waals surface area contributed by atoms with Crippen LogP contribution in [-0.4, -0.2) is 38.2 Å². The molecule has 68 valence electrons. The Morgan fingerprint density at radius 3 is 3.17 bits per heavy atom. The maximum atomic E-state index is 4.26. The molecule has 2 aliphatic rings. The molecule has 0 bridgehead atoms. The second kappa shape index (κ2) is 3.76. The summed E-state index contributed by atoms with van der Waals surface area (Å²) in [5.74, 6) is 0.976. The van der Waals surface area contributed by atoms with Gasteiger partial charge in [-0.25, -0.2) is 0 Å². The Hall–Kier alpha value is -0.770. The van der Waals surface area contributed by atoms with Gasteiger partial charge in [-0.05, 0) is 19.4 Å². The van der Waals surface area contributed by atoms with E-state index in [1.165, 1.54) is 19.4 Å². The Labute approximate surface area is 72.8 Å². The number of hydrogen-bond acceptors (Lipinski definition) is 4. The molecule has 2 aliphatic heterocycles. The summed E-state index contributed by atoms with van der Waals surface area (Å²) in [6, 6.07) is 0.648. The molecule has 0 saturated carbocycles. The van der Waals surface area contributed by atoms with Gasteiger partial charge in [-0.3, -0.25) is 4.99 Å². The number of nitrogens with one attached hydrogen (secondary N) is 3. The molecule has 1 atom stereocenters. The first-order valence-electron chi connectivity index (χ1n) is 4.71. The van der Waals surface area contributed by atoms with E-state index in [1.54, 1.807) is 0 Å². The van der Waals surface area contributed by atoms with Gasteiger partial charge in [-0.1, -0.05) is 0 Å². The Kier molecular flexibility index (Phi) is 2.46. The summed E-state index contributed by atoms with van der Waals surface area (Å²) in [6.45, 7) is 4.08. The van der Waals surface area contributed by atoms with Crippen molar-refractivity contribution in [2.45, 2.75) is 18.9 Å². The molecule has 1 fully saturated rings. The van der Waals surface area contributed by atoms with Crippen LogP contribution >= 0.6 is 0 Å².